The second kappa shape index (κ2) is 8.78. The van der Waals surface area contributed by atoms with Gasteiger partial charge in [-0.15, -0.1) is 0 Å². The number of sulfonamides is 1. The summed E-state index contributed by atoms with van der Waals surface area (Å²) in [4.78, 5) is 12.3. The van der Waals surface area contributed by atoms with E-state index in [9.17, 15) is 13.2 Å². The summed E-state index contributed by atoms with van der Waals surface area (Å²) in [6.45, 7) is 1.35. The molecule has 1 amide bonds. The monoisotopic (exact) mass is 454 g/mol. The van der Waals surface area contributed by atoms with E-state index in [0.29, 0.717) is 5.02 Å². The Hall–Kier alpha value is -1.02. The molecule has 140 valence electrons. The van der Waals surface area contributed by atoms with E-state index in [1.807, 2.05) is 0 Å². The van der Waals surface area contributed by atoms with Crippen LogP contribution in [0.25, 0.3) is 0 Å². The fraction of sp³-hybridized carbons (Fsp3) is 0.188. The van der Waals surface area contributed by atoms with Gasteiger partial charge < -0.3 is 5.32 Å². The second-order valence-electron chi connectivity index (χ2n) is 5.18. The molecule has 0 atom stereocenters. The van der Waals surface area contributed by atoms with Gasteiger partial charge in [-0.05, 0) is 36.4 Å². The van der Waals surface area contributed by atoms with Gasteiger partial charge in [0.15, 0.2) is 0 Å². The minimum atomic E-state index is -3.85. The Labute approximate surface area is 171 Å². The number of carbonyl (C=O) groups is 1. The Kier molecular flexibility index (Phi) is 7.19. The lowest BCUT2D eigenvalue weighted by molar-refractivity contribution is -0.116. The summed E-state index contributed by atoms with van der Waals surface area (Å²) in [5.74, 6) is -0.565. The van der Waals surface area contributed by atoms with Gasteiger partial charge in [0.05, 0.1) is 32.2 Å². The van der Waals surface area contributed by atoms with Crippen LogP contribution in [0.3, 0.4) is 0 Å². The summed E-state index contributed by atoms with van der Waals surface area (Å²) in [5, 5.41) is 3.60. The summed E-state index contributed by atoms with van der Waals surface area (Å²) >= 11 is 23.5. The Bertz CT molecular complexity index is 918. The molecule has 0 aromatic heterocycles. The highest BCUT2D eigenvalue weighted by Gasteiger charge is 2.25. The number of hydrogen-bond donors (Lipinski definition) is 1. The number of carbonyl (C=O) groups excluding carboxylic acids is 1. The Balaban J connectivity index is 2.18. The van der Waals surface area contributed by atoms with E-state index in [1.54, 1.807) is 6.92 Å². The van der Waals surface area contributed by atoms with Crippen LogP contribution in [0.1, 0.15) is 6.92 Å². The molecule has 0 aliphatic rings. The smallest absolute Gasteiger partial charge is 0.243 e. The molecule has 0 radical (unpaired) electrons. The number of amides is 1. The van der Waals surface area contributed by atoms with Crippen LogP contribution < -0.4 is 5.32 Å². The van der Waals surface area contributed by atoms with Crippen LogP contribution in [0, 0.1) is 0 Å². The zero-order chi connectivity index (χ0) is 19.5. The van der Waals surface area contributed by atoms with Crippen LogP contribution in [-0.4, -0.2) is 31.7 Å². The van der Waals surface area contributed by atoms with E-state index < -0.39 is 22.5 Å². The van der Waals surface area contributed by atoms with Crippen LogP contribution in [0.15, 0.2) is 41.3 Å². The first kappa shape index (κ1) is 21.3. The molecule has 2 rings (SSSR count). The Morgan fingerprint density at radius 3 is 2.15 bits per heavy atom. The predicted molar refractivity (Wildman–Crippen MR) is 106 cm³/mol. The van der Waals surface area contributed by atoms with Crippen molar-refractivity contribution in [1.82, 2.24) is 4.31 Å². The zero-order valence-electron chi connectivity index (χ0n) is 13.5. The standard InChI is InChI=1S/C16H14Cl4N2O3S/c1-2-22(26(24,25)11-5-3-10(17)4-6-11)9-16(23)21-15-8-13(19)12(18)7-14(15)20/h3-8H,2,9H2,1H3,(H,21,23). The van der Waals surface area contributed by atoms with Gasteiger partial charge in [0.1, 0.15) is 0 Å². The number of benzene rings is 2. The summed E-state index contributed by atoms with van der Waals surface area (Å²) < 4.78 is 26.4. The number of likely N-dealkylation sites (N-methyl/N-ethyl adjacent to an activating group) is 1. The van der Waals surface area contributed by atoms with Crippen molar-refractivity contribution in [2.24, 2.45) is 0 Å². The van der Waals surface area contributed by atoms with Gasteiger partial charge >= 0.3 is 0 Å². The molecular formula is C16H14Cl4N2O3S. The fourth-order valence-electron chi connectivity index (χ4n) is 2.09. The third kappa shape index (κ3) is 5.03. The predicted octanol–water partition coefficient (Wildman–Crippen LogP) is 4.95. The normalized spacial score (nSPS) is 11.6. The Morgan fingerprint density at radius 1 is 1.00 bits per heavy atom. The minimum absolute atomic E-state index is 0.0455. The first-order valence-electron chi connectivity index (χ1n) is 7.35. The highest BCUT2D eigenvalue weighted by atomic mass is 35.5. The van der Waals surface area contributed by atoms with Crippen molar-refractivity contribution in [3.63, 3.8) is 0 Å². The van der Waals surface area contributed by atoms with E-state index in [4.69, 9.17) is 46.4 Å². The maximum atomic E-state index is 12.7. The first-order valence-corrected chi connectivity index (χ1v) is 10.3. The third-order valence-electron chi connectivity index (χ3n) is 3.41. The average molecular weight is 456 g/mol. The largest absolute Gasteiger partial charge is 0.324 e. The van der Waals surface area contributed by atoms with Gasteiger partial charge in [0, 0.05) is 11.6 Å². The van der Waals surface area contributed by atoms with Gasteiger partial charge in [0.2, 0.25) is 15.9 Å². The maximum Gasteiger partial charge on any atom is 0.243 e. The second-order valence-corrected chi connectivity index (χ2v) is 8.78. The van der Waals surface area contributed by atoms with Crippen molar-refractivity contribution in [2.45, 2.75) is 11.8 Å². The van der Waals surface area contributed by atoms with Crippen LogP contribution in [0.4, 0.5) is 5.69 Å². The van der Waals surface area contributed by atoms with E-state index in [2.05, 4.69) is 5.32 Å². The molecule has 0 bridgehead atoms. The van der Waals surface area contributed by atoms with Gasteiger partial charge in [-0.25, -0.2) is 8.42 Å². The van der Waals surface area contributed by atoms with Crippen LogP contribution in [0.5, 0.6) is 0 Å². The number of rotatable bonds is 6. The van der Waals surface area contributed by atoms with Crippen molar-refractivity contribution in [1.29, 1.82) is 0 Å². The number of halogens is 4. The van der Waals surface area contributed by atoms with Crippen LogP contribution >= 0.6 is 46.4 Å². The van der Waals surface area contributed by atoms with Crippen LogP contribution in [-0.2, 0) is 14.8 Å². The molecule has 0 aliphatic heterocycles. The summed E-state index contributed by atoms with van der Waals surface area (Å²) in [5.41, 5.74) is 0.242. The number of anilines is 1. The quantitative estimate of drug-likeness (QED) is 0.626. The highest BCUT2D eigenvalue weighted by Crippen LogP contribution is 2.32. The minimum Gasteiger partial charge on any atom is -0.324 e. The third-order valence-corrected chi connectivity index (χ3v) is 6.63. The summed E-state index contributed by atoms with van der Waals surface area (Å²) in [6.07, 6.45) is 0. The molecule has 2 aromatic carbocycles. The molecule has 0 saturated heterocycles. The molecule has 0 unspecified atom stereocenters. The van der Waals surface area contributed by atoms with Crippen LogP contribution in [0.2, 0.25) is 20.1 Å². The van der Waals surface area contributed by atoms with Crippen molar-refractivity contribution in [2.75, 3.05) is 18.4 Å². The summed E-state index contributed by atoms with van der Waals surface area (Å²) in [7, 11) is -3.85. The fourth-order valence-corrected chi connectivity index (χ4v) is 4.22. The van der Waals surface area contributed by atoms with E-state index in [1.165, 1.54) is 36.4 Å². The van der Waals surface area contributed by atoms with Gasteiger partial charge in [-0.3, -0.25) is 4.79 Å². The molecular weight excluding hydrogens is 442 g/mol. The SMILES string of the molecule is CCN(CC(=O)Nc1cc(Cl)c(Cl)cc1Cl)S(=O)(=O)c1ccc(Cl)cc1. The summed E-state index contributed by atoms with van der Waals surface area (Å²) in [6, 6.07) is 8.50. The molecule has 5 nitrogen and oxygen atoms in total. The van der Waals surface area contributed by atoms with Crippen molar-refractivity contribution in [3.8, 4) is 0 Å². The highest BCUT2D eigenvalue weighted by molar-refractivity contribution is 7.89. The first-order chi connectivity index (χ1) is 12.1. The molecule has 2 aromatic rings. The van der Waals surface area contributed by atoms with Gasteiger partial charge in [-0.2, -0.15) is 4.31 Å². The van der Waals surface area contributed by atoms with E-state index >= 15 is 0 Å². The number of hydrogen-bond acceptors (Lipinski definition) is 3. The van der Waals surface area contributed by atoms with E-state index in [-0.39, 0.29) is 32.2 Å². The van der Waals surface area contributed by atoms with Gasteiger partial charge in [-0.1, -0.05) is 53.3 Å². The van der Waals surface area contributed by atoms with Crippen molar-refractivity contribution >= 4 is 68.0 Å². The van der Waals surface area contributed by atoms with Gasteiger partial charge in [0.25, 0.3) is 0 Å². The molecule has 0 aliphatic carbocycles. The zero-order valence-corrected chi connectivity index (χ0v) is 17.3. The number of nitrogens with one attached hydrogen (secondary N) is 1. The molecule has 0 fully saturated rings. The molecule has 0 spiro atoms. The lowest BCUT2D eigenvalue weighted by Gasteiger charge is -2.20. The number of nitrogens with zero attached hydrogens (tertiary/aromatic N) is 1. The molecule has 26 heavy (non-hydrogen) atoms. The van der Waals surface area contributed by atoms with Crippen molar-refractivity contribution < 1.29 is 13.2 Å². The lowest BCUT2D eigenvalue weighted by atomic mass is 10.3. The van der Waals surface area contributed by atoms with E-state index in [0.717, 1.165) is 4.31 Å². The average Bonchev–Trinajstić information content (AvgIpc) is 2.57. The molecule has 0 heterocycles. The molecule has 0 saturated carbocycles. The lowest BCUT2D eigenvalue weighted by Crippen LogP contribution is -2.37. The topological polar surface area (TPSA) is 66.5 Å². The molecule has 10 heteroatoms. The van der Waals surface area contributed by atoms with Crippen molar-refractivity contribution in [3.05, 3.63) is 56.5 Å². The molecule has 1 N–H and O–H groups in total. The maximum absolute atomic E-state index is 12.7. The Morgan fingerprint density at radius 2 is 1.58 bits per heavy atom.